The van der Waals surface area contributed by atoms with Gasteiger partial charge in [-0.05, 0) is 38.3 Å². The third-order valence-electron chi connectivity index (χ3n) is 2.53. The van der Waals surface area contributed by atoms with E-state index in [1.165, 1.54) is 16.7 Å². The molecule has 1 rings (SSSR count). The summed E-state index contributed by atoms with van der Waals surface area (Å²) < 4.78 is 0. The normalized spacial score (nSPS) is 11.7. The molecule has 0 bridgehead atoms. The maximum Gasteiger partial charge on any atom is 0.0244 e. The summed E-state index contributed by atoms with van der Waals surface area (Å²) in [6.07, 6.45) is 1.70. The molecular weight excluding hydrogens is 182 g/mol. The second-order valence-corrected chi connectivity index (χ2v) is 4.03. The number of aryl methyl sites for hydroxylation is 2. The lowest BCUT2D eigenvalue weighted by molar-refractivity contribution is 0.686. The van der Waals surface area contributed by atoms with Crippen LogP contribution >= 0.6 is 0 Å². The van der Waals surface area contributed by atoms with Crippen molar-refractivity contribution in [2.24, 2.45) is 5.73 Å². The van der Waals surface area contributed by atoms with E-state index in [9.17, 15) is 0 Å². The van der Waals surface area contributed by atoms with E-state index in [1.54, 1.807) is 0 Å². The van der Waals surface area contributed by atoms with E-state index >= 15 is 0 Å². The Balaban J connectivity index is 2.69. The van der Waals surface area contributed by atoms with E-state index in [1.807, 2.05) is 6.92 Å². The van der Waals surface area contributed by atoms with Crippen LogP contribution < -0.4 is 5.73 Å². The van der Waals surface area contributed by atoms with Crippen molar-refractivity contribution in [1.82, 2.24) is 0 Å². The SMILES string of the molecule is CC#CCC(N)Cc1cc(C)ccc1C. The summed E-state index contributed by atoms with van der Waals surface area (Å²) in [6, 6.07) is 6.66. The molecule has 1 aromatic rings. The molecule has 0 heterocycles. The molecule has 1 unspecified atom stereocenters. The van der Waals surface area contributed by atoms with Crippen LogP contribution in [0.15, 0.2) is 18.2 Å². The predicted octanol–water partition coefficient (Wildman–Crippen LogP) is 2.59. The molecule has 0 saturated carbocycles. The van der Waals surface area contributed by atoms with Crippen molar-refractivity contribution in [2.75, 3.05) is 0 Å². The summed E-state index contributed by atoms with van der Waals surface area (Å²) in [5.41, 5.74) is 9.97. The topological polar surface area (TPSA) is 26.0 Å². The fourth-order valence-corrected chi connectivity index (χ4v) is 1.61. The molecule has 1 aromatic carbocycles. The van der Waals surface area contributed by atoms with Crippen molar-refractivity contribution in [3.05, 3.63) is 34.9 Å². The van der Waals surface area contributed by atoms with Gasteiger partial charge in [-0.25, -0.2) is 0 Å². The van der Waals surface area contributed by atoms with Gasteiger partial charge in [0.25, 0.3) is 0 Å². The van der Waals surface area contributed by atoms with E-state index in [4.69, 9.17) is 5.73 Å². The van der Waals surface area contributed by atoms with Gasteiger partial charge < -0.3 is 5.73 Å². The van der Waals surface area contributed by atoms with E-state index in [-0.39, 0.29) is 6.04 Å². The Labute approximate surface area is 92.7 Å². The zero-order valence-electron chi connectivity index (χ0n) is 9.80. The van der Waals surface area contributed by atoms with Crippen molar-refractivity contribution in [2.45, 2.75) is 39.7 Å². The fourth-order valence-electron chi connectivity index (χ4n) is 1.61. The van der Waals surface area contributed by atoms with Crippen LogP contribution in [0, 0.1) is 25.7 Å². The highest BCUT2D eigenvalue weighted by Crippen LogP contribution is 2.13. The van der Waals surface area contributed by atoms with Crippen molar-refractivity contribution >= 4 is 0 Å². The second kappa shape index (κ2) is 5.58. The minimum atomic E-state index is 0.151. The van der Waals surface area contributed by atoms with Crippen LogP contribution in [-0.2, 0) is 6.42 Å². The fraction of sp³-hybridized carbons (Fsp3) is 0.429. The van der Waals surface area contributed by atoms with Crippen LogP contribution in [0.3, 0.4) is 0 Å². The van der Waals surface area contributed by atoms with Crippen LogP contribution in [0.4, 0.5) is 0 Å². The third kappa shape index (κ3) is 3.77. The number of hydrogen-bond acceptors (Lipinski definition) is 1. The van der Waals surface area contributed by atoms with E-state index in [0.29, 0.717) is 0 Å². The molecule has 0 aromatic heterocycles. The quantitative estimate of drug-likeness (QED) is 0.747. The minimum absolute atomic E-state index is 0.151. The molecule has 0 aliphatic heterocycles. The Hall–Kier alpha value is -1.26. The monoisotopic (exact) mass is 201 g/mol. The number of hydrogen-bond donors (Lipinski definition) is 1. The highest BCUT2D eigenvalue weighted by atomic mass is 14.6. The Bertz CT molecular complexity index is 382. The van der Waals surface area contributed by atoms with Gasteiger partial charge in [0.05, 0.1) is 0 Å². The molecule has 2 N–H and O–H groups in total. The van der Waals surface area contributed by atoms with Gasteiger partial charge in [-0.2, -0.15) is 0 Å². The van der Waals surface area contributed by atoms with Crippen molar-refractivity contribution in [3.8, 4) is 11.8 Å². The summed E-state index contributed by atoms with van der Waals surface area (Å²) in [7, 11) is 0. The van der Waals surface area contributed by atoms with Gasteiger partial charge in [0.1, 0.15) is 0 Å². The molecule has 0 aliphatic carbocycles. The average molecular weight is 201 g/mol. The maximum absolute atomic E-state index is 6.01. The molecule has 1 atom stereocenters. The van der Waals surface area contributed by atoms with Crippen LogP contribution in [0.2, 0.25) is 0 Å². The van der Waals surface area contributed by atoms with Crippen molar-refractivity contribution in [1.29, 1.82) is 0 Å². The molecule has 0 saturated heterocycles. The molecule has 0 amide bonds. The van der Waals surface area contributed by atoms with Crippen molar-refractivity contribution in [3.63, 3.8) is 0 Å². The van der Waals surface area contributed by atoms with Crippen LogP contribution in [0.1, 0.15) is 30.0 Å². The first-order chi connectivity index (χ1) is 7.13. The number of benzene rings is 1. The van der Waals surface area contributed by atoms with Gasteiger partial charge in [-0.1, -0.05) is 23.8 Å². The first-order valence-corrected chi connectivity index (χ1v) is 5.34. The zero-order chi connectivity index (χ0) is 11.3. The summed E-state index contributed by atoms with van der Waals surface area (Å²) in [6.45, 7) is 6.10. The van der Waals surface area contributed by atoms with Gasteiger partial charge in [0, 0.05) is 12.5 Å². The van der Waals surface area contributed by atoms with E-state index in [0.717, 1.165) is 12.8 Å². The van der Waals surface area contributed by atoms with Gasteiger partial charge in [0.15, 0.2) is 0 Å². The number of nitrogens with two attached hydrogens (primary N) is 1. The lowest BCUT2D eigenvalue weighted by Gasteiger charge is -2.11. The summed E-state index contributed by atoms with van der Waals surface area (Å²) in [4.78, 5) is 0. The Morgan fingerprint density at radius 1 is 1.33 bits per heavy atom. The standard InChI is InChI=1S/C14H19N/c1-4-5-6-14(15)10-13-9-11(2)7-8-12(13)3/h7-9,14H,6,10,15H2,1-3H3. The van der Waals surface area contributed by atoms with Crippen molar-refractivity contribution < 1.29 is 0 Å². The van der Waals surface area contributed by atoms with Gasteiger partial charge in [-0.3, -0.25) is 0 Å². The Morgan fingerprint density at radius 2 is 2.07 bits per heavy atom. The first kappa shape index (κ1) is 11.8. The summed E-state index contributed by atoms with van der Waals surface area (Å²) >= 11 is 0. The highest BCUT2D eigenvalue weighted by Gasteiger charge is 2.05. The second-order valence-electron chi connectivity index (χ2n) is 4.03. The largest absolute Gasteiger partial charge is 0.327 e. The van der Waals surface area contributed by atoms with E-state index < -0.39 is 0 Å². The van der Waals surface area contributed by atoms with Crippen LogP contribution in [-0.4, -0.2) is 6.04 Å². The molecule has 0 aliphatic rings. The maximum atomic E-state index is 6.01. The third-order valence-corrected chi connectivity index (χ3v) is 2.53. The van der Waals surface area contributed by atoms with Gasteiger partial charge >= 0.3 is 0 Å². The lowest BCUT2D eigenvalue weighted by atomic mass is 9.98. The molecular formula is C14H19N. The van der Waals surface area contributed by atoms with Gasteiger partial charge in [-0.15, -0.1) is 11.8 Å². The highest BCUT2D eigenvalue weighted by molar-refractivity contribution is 5.31. The van der Waals surface area contributed by atoms with E-state index in [2.05, 4.69) is 43.9 Å². The first-order valence-electron chi connectivity index (χ1n) is 5.34. The molecule has 15 heavy (non-hydrogen) atoms. The van der Waals surface area contributed by atoms with Gasteiger partial charge in [0.2, 0.25) is 0 Å². The molecule has 1 nitrogen and oxygen atoms in total. The Kier molecular flexibility index (Phi) is 4.39. The molecule has 0 fully saturated rings. The molecule has 80 valence electrons. The Morgan fingerprint density at radius 3 is 2.73 bits per heavy atom. The van der Waals surface area contributed by atoms with Crippen LogP contribution in [0.5, 0.6) is 0 Å². The smallest absolute Gasteiger partial charge is 0.0244 e. The summed E-state index contributed by atoms with van der Waals surface area (Å²) in [5, 5.41) is 0. The zero-order valence-corrected chi connectivity index (χ0v) is 9.80. The van der Waals surface area contributed by atoms with Crippen LogP contribution in [0.25, 0.3) is 0 Å². The predicted molar refractivity (Wildman–Crippen MR) is 65.7 cm³/mol. The minimum Gasteiger partial charge on any atom is -0.327 e. The molecule has 0 spiro atoms. The molecule has 0 radical (unpaired) electrons. The average Bonchev–Trinajstić information content (AvgIpc) is 2.20. The lowest BCUT2D eigenvalue weighted by Crippen LogP contribution is -2.22. The number of rotatable bonds is 3. The molecule has 1 heteroatoms. The summed E-state index contributed by atoms with van der Waals surface area (Å²) in [5.74, 6) is 5.91.